The van der Waals surface area contributed by atoms with Crippen LogP contribution in [0.5, 0.6) is 0 Å². The molecule has 0 aliphatic rings. The number of nitrogens with zero attached hydrogens (tertiary/aromatic N) is 1. The van der Waals surface area contributed by atoms with Gasteiger partial charge in [0.15, 0.2) is 0 Å². The Hall–Kier alpha value is -1.59. The number of hydrogen-bond acceptors (Lipinski definition) is 3. The normalized spacial score (nSPS) is 13.7. The molecule has 0 aliphatic heterocycles. The average Bonchev–Trinajstić information content (AvgIpc) is 2.72. The highest BCUT2D eigenvalue weighted by Crippen LogP contribution is 2.15. The molecule has 0 saturated heterocycles. The highest BCUT2D eigenvalue weighted by molar-refractivity contribution is 5.85. The standard InChI is InChI=1S/C12H16N4O.ClH/c1-7(13)12(17)14-8(2)11-15-9-5-3-4-6-10(9)16-11;/h3-8H,13H2,1-2H3,(H,14,17)(H,15,16);1H. The molecule has 98 valence electrons. The van der Waals surface area contributed by atoms with E-state index in [-0.39, 0.29) is 24.4 Å². The Balaban J connectivity index is 0.00000162. The number of nitrogens with two attached hydrogens (primary N) is 1. The number of amides is 1. The number of nitrogens with one attached hydrogen (secondary N) is 2. The molecule has 2 rings (SSSR count). The van der Waals surface area contributed by atoms with Crippen molar-refractivity contribution >= 4 is 29.3 Å². The third-order valence-electron chi connectivity index (χ3n) is 2.59. The number of carbonyl (C=O) groups excluding carboxylic acids is 1. The molecule has 1 aromatic carbocycles. The smallest absolute Gasteiger partial charge is 0.237 e. The molecule has 0 spiro atoms. The van der Waals surface area contributed by atoms with Crippen molar-refractivity contribution in [3.05, 3.63) is 30.1 Å². The molecule has 1 aromatic heterocycles. The molecule has 5 nitrogen and oxygen atoms in total. The quantitative estimate of drug-likeness (QED) is 0.789. The van der Waals surface area contributed by atoms with E-state index in [4.69, 9.17) is 5.73 Å². The van der Waals surface area contributed by atoms with Gasteiger partial charge in [-0.1, -0.05) is 12.1 Å². The van der Waals surface area contributed by atoms with Crippen LogP contribution in [0, 0.1) is 0 Å². The summed E-state index contributed by atoms with van der Waals surface area (Å²) in [5, 5.41) is 2.80. The third-order valence-corrected chi connectivity index (χ3v) is 2.59. The molecule has 2 unspecified atom stereocenters. The van der Waals surface area contributed by atoms with Gasteiger partial charge in [0.05, 0.1) is 23.1 Å². The SMILES string of the molecule is CC(N)C(=O)NC(C)c1nc2ccccc2[nH]1.Cl. The average molecular weight is 269 g/mol. The first kappa shape index (κ1) is 14.5. The lowest BCUT2D eigenvalue weighted by molar-refractivity contribution is -0.122. The number of aromatic amines is 1. The summed E-state index contributed by atoms with van der Waals surface area (Å²) in [5.74, 6) is 0.554. The van der Waals surface area contributed by atoms with Gasteiger partial charge in [-0.05, 0) is 26.0 Å². The van der Waals surface area contributed by atoms with E-state index in [1.54, 1.807) is 6.92 Å². The molecule has 0 fully saturated rings. The van der Waals surface area contributed by atoms with Gasteiger partial charge in [-0.15, -0.1) is 12.4 Å². The Morgan fingerprint density at radius 1 is 1.39 bits per heavy atom. The summed E-state index contributed by atoms with van der Waals surface area (Å²) in [4.78, 5) is 19.1. The molecule has 1 amide bonds. The maximum Gasteiger partial charge on any atom is 0.237 e. The van der Waals surface area contributed by atoms with Crippen LogP contribution < -0.4 is 11.1 Å². The Morgan fingerprint density at radius 2 is 2.06 bits per heavy atom. The Morgan fingerprint density at radius 3 is 2.67 bits per heavy atom. The van der Waals surface area contributed by atoms with Crippen molar-refractivity contribution < 1.29 is 4.79 Å². The van der Waals surface area contributed by atoms with Crippen LogP contribution in [0.25, 0.3) is 11.0 Å². The van der Waals surface area contributed by atoms with Crippen molar-refractivity contribution in [1.29, 1.82) is 0 Å². The van der Waals surface area contributed by atoms with E-state index < -0.39 is 6.04 Å². The fraction of sp³-hybridized carbons (Fsp3) is 0.333. The topological polar surface area (TPSA) is 83.8 Å². The van der Waals surface area contributed by atoms with Gasteiger partial charge in [0.1, 0.15) is 5.82 Å². The van der Waals surface area contributed by atoms with E-state index in [0.717, 1.165) is 16.9 Å². The zero-order chi connectivity index (χ0) is 12.4. The van der Waals surface area contributed by atoms with Gasteiger partial charge in [-0.3, -0.25) is 4.79 Å². The molecular weight excluding hydrogens is 252 g/mol. The van der Waals surface area contributed by atoms with Gasteiger partial charge in [0, 0.05) is 0 Å². The Kier molecular flexibility index (Phi) is 4.69. The van der Waals surface area contributed by atoms with Gasteiger partial charge < -0.3 is 16.0 Å². The highest BCUT2D eigenvalue weighted by atomic mass is 35.5. The van der Waals surface area contributed by atoms with E-state index in [1.807, 2.05) is 31.2 Å². The molecule has 0 bridgehead atoms. The summed E-state index contributed by atoms with van der Waals surface area (Å²) in [6, 6.07) is 7.05. The monoisotopic (exact) mass is 268 g/mol. The lowest BCUT2D eigenvalue weighted by Gasteiger charge is -2.13. The summed E-state index contributed by atoms with van der Waals surface area (Å²) in [7, 11) is 0. The van der Waals surface area contributed by atoms with E-state index in [0.29, 0.717) is 0 Å². The first-order valence-corrected chi connectivity index (χ1v) is 5.58. The lowest BCUT2D eigenvalue weighted by Crippen LogP contribution is -2.39. The van der Waals surface area contributed by atoms with Crippen LogP contribution >= 0.6 is 12.4 Å². The first-order chi connectivity index (χ1) is 8.08. The van der Waals surface area contributed by atoms with Crippen molar-refractivity contribution in [2.24, 2.45) is 5.73 Å². The summed E-state index contributed by atoms with van der Waals surface area (Å²) in [6.07, 6.45) is 0. The molecule has 1 heterocycles. The maximum atomic E-state index is 11.5. The zero-order valence-electron chi connectivity index (χ0n) is 10.3. The van der Waals surface area contributed by atoms with Crippen molar-refractivity contribution in [2.75, 3.05) is 0 Å². The van der Waals surface area contributed by atoms with E-state index >= 15 is 0 Å². The maximum absolute atomic E-state index is 11.5. The second-order valence-corrected chi connectivity index (χ2v) is 4.16. The van der Waals surface area contributed by atoms with Crippen LogP contribution in [-0.4, -0.2) is 21.9 Å². The number of carbonyl (C=O) groups is 1. The number of rotatable bonds is 3. The van der Waals surface area contributed by atoms with Gasteiger partial charge in [0.25, 0.3) is 0 Å². The molecule has 4 N–H and O–H groups in total. The minimum absolute atomic E-state index is 0. The highest BCUT2D eigenvalue weighted by Gasteiger charge is 2.15. The number of fused-ring (bicyclic) bond motifs is 1. The molecule has 2 aromatic rings. The van der Waals surface area contributed by atoms with Crippen LogP contribution in [0.3, 0.4) is 0 Å². The number of para-hydroxylation sites is 2. The summed E-state index contributed by atoms with van der Waals surface area (Å²) in [5.41, 5.74) is 7.35. The molecule has 0 aliphatic carbocycles. The van der Waals surface area contributed by atoms with Crippen LogP contribution in [0.4, 0.5) is 0 Å². The van der Waals surface area contributed by atoms with Crippen molar-refractivity contribution in [1.82, 2.24) is 15.3 Å². The van der Waals surface area contributed by atoms with Crippen molar-refractivity contribution in [3.8, 4) is 0 Å². The van der Waals surface area contributed by atoms with Crippen LogP contribution in [-0.2, 0) is 4.79 Å². The van der Waals surface area contributed by atoms with Crippen LogP contribution in [0.15, 0.2) is 24.3 Å². The second-order valence-electron chi connectivity index (χ2n) is 4.16. The van der Waals surface area contributed by atoms with E-state index in [9.17, 15) is 4.79 Å². The van der Waals surface area contributed by atoms with Gasteiger partial charge in [-0.2, -0.15) is 0 Å². The minimum atomic E-state index is -0.512. The summed E-state index contributed by atoms with van der Waals surface area (Å²) in [6.45, 7) is 3.53. The van der Waals surface area contributed by atoms with Crippen molar-refractivity contribution in [2.45, 2.75) is 25.9 Å². The predicted molar refractivity (Wildman–Crippen MR) is 73.5 cm³/mol. The zero-order valence-corrected chi connectivity index (χ0v) is 11.1. The molecule has 18 heavy (non-hydrogen) atoms. The van der Waals surface area contributed by atoms with Crippen LogP contribution in [0.2, 0.25) is 0 Å². The molecular formula is C12H17ClN4O. The second kappa shape index (κ2) is 5.84. The largest absolute Gasteiger partial charge is 0.345 e. The molecule has 2 atom stereocenters. The number of aromatic nitrogens is 2. The Labute approximate surface area is 112 Å². The number of imidazole rings is 1. The lowest BCUT2D eigenvalue weighted by atomic mass is 10.2. The predicted octanol–water partition coefficient (Wildman–Crippen LogP) is 1.51. The van der Waals surface area contributed by atoms with Gasteiger partial charge >= 0.3 is 0 Å². The summed E-state index contributed by atoms with van der Waals surface area (Å²) >= 11 is 0. The van der Waals surface area contributed by atoms with Gasteiger partial charge in [-0.25, -0.2) is 4.98 Å². The number of benzene rings is 1. The first-order valence-electron chi connectivity index (χ1n) is 5.58. The number of H-pyrrole nitrogens is 1. The minimum Gasteiger partial charge on any atom is -0.345 e. The number of halogens is 1. The summed E-state index contributed by atoms with van der Waals surface area (Å²) < 4.78 is 0. The number of hydrogen-bond donors (Lipinski definition) is 3. The molecule has 6 heteroatoms. The Bertz CT molecular complexity index is 505. The third kappa shape index (κ3) is 3.00. The van der Waals surface area contributed by atoms with E-state index in [2.05, 4.69) is 15.3 Å². The van der Waals surface area contributed by atoms with E-state index in [1.165, 1.54) is 0 Å². The molecule has 0 radical (unpaired) electrons. The van der Waals surface area contributed by atoms with Gasteiger partial charge in [0.2, 0.25) is 5.91 Å². The fourth-order valence-corrected chi connectivity index (χ4v) is 1.59. The van der Waals surface area contributed by atoms with Crippen LogP contribution in [0.1, 0.15) is 25.7 Å². The fourth-order valence-electron chi connectivity index (χ4n) is 1.59. The van der Waals surface area contributed by atoms with Crippen molar-refractivity contribution in [3.63, 3.8) is 0 Å². The molecule has 0 saturated carbocycles.